The monoisotopic (exact) mass is 161 g/mol. The average molecular weight is 161 g/mol. The van der Waals surface area contributed by atoms with Gasteiger partial charge in [-0.25, -0.2) is 0 Å². The molecule has 0 amide bonds. The van der Waals surface area contributed by atoms with E-state index in [1.165, 1.54) is 6.42 Å². The van der Waals surface area contributed by atoms with Crippen molar-refractivity contribution in [1.82, 2.24) is 5.32 Å². The first kappa shape index (κ1) is 10.9. The van der Waals surface area contributed by atoms with Gasteiger partial charge in [0, 0.05) is 13.7 Å². The molecule has 3 nitrogen and oxygen atoms in total. The zero-order valence-electron chi connectivity index (χ0n) is 7.56. The van der Waals surface area contributed by atoms with Crippen molar-refractivity contribution < 1.29 is 9.47 Å². The number of ether oxygens (including phenoxy) is 2. The van der Waals surface area contributed by atoms with Crippen LogP contribution in [0.4, 0.5) is 0 Å². The molecule has 0 aliphatic carbocycles. The van der Waals surface area contributed by atoms with E-state index >= 15 is 0 Å². The highest BCUT2D eigenvalue weighted by Gasteiger charge is 1.86. The van der Waals surface area contributed by atoms with Crippen LogP contribution in [0.2, 0.25) is 0 Å². The van der Waals surface area contributed by atoms with Crippen molar-refractivity contribution in [2.24, 2.45) is 0 Å². The van der Waals surface area contributed by atoms with Crippen LogP contribution < -0.4 is 5.32 Å². The molecule has 0 saturated heterocycles. The minimum atomic E-state index is 0.688. The van der Waals surface area contributed by atoms with Crippen LogP contribution in [0.15, 0.2) is 0 Å². The molecule has 68 valence electrons. The predicted molar refractivity (Wildman–Crippen MR) is 45.9 cm³/mol. The molecule has 0 aliphatic rings. The molecule has 3 heteroatoms. The van der Waals surface area contributed by atoms with Gasteiger partial charge in [0.25, 0.3) is 0 Å². The molecule has 0 aliphatic heterocycles. The first-order valence-electron chi connectivity index (χ1n) is 4.19. The van der Waals surface area contributed by atoms with Crippen LogP contribution in [0.25, 0.3) is 0 Å². The number of rotatable bonds is 8. The fourth-order valence-corrected chi connectivity index (χ4v) is 0.690. The Bertz CT molecular complexity index is 61.1. The molecule has 0 bridgehead atoms. The molecule has 0 fully saturated rings. The Balaban J connectivity index is 2.69. The maximum atomic E-state index is 5.23. The largest absolute Gasteiger partial charge is 0.382 e. The van der Waals surface area contributed by atoms with Crippen molar-refractivity contribution >= 4 is 0 Å². The van der Waals surface area contributed by atoms with Crippen molar-refractivity contribution in [3.05, 3.63) is 0 Å². The molecule has 0 radical (unpaired) electrons. The van der Waals surface area contributed by atoms with Gasteiger partial charge in [-0.15, -0.1) is 0 Å². The molecule has 0 aromatic rings. The Morgan fingerprint density at radius 2 is 1.91 bits per heavy atom. The lowest BCUT2D eigenvalue weighted by molar-refractivity contribution is 0.0720. The van der Waals surface area contributed by atoms with Gasteiger partial charge in [0.1, 0.15) is 0 Å². The van der Waals surface area contributed by atoms with Gasteiger partial charge < -0.3 is 14.8 Å². The van der Waals surface area contributed by atoms with Gasteiger partial charge in [0.15, 0.2) is 0 Å². The zero-order valence-corrected chi connectivity index (χ0v) is 7.56. The van der Waals surface area contributed by atoms with E-state index in [4.69, 9.17) is 9.47 Å². The van der Waals surface area contributed by atoms with E-state index in [1.807, 2.05) is 0 Å². The minimum Gasteiger partial charge on any atom is -0.382 e. The van der Waals surface area contributed by atoms with E-state index in [1.54, 1.807) is 7.11 Å². The zero-order chi connectivity index (χ0) is 8.36. The van der Waals surface area contributed by atoms with Gasteiger partial charge in [-0.3, -0.25) is 0 Å². The Morgan fingerprint density at radius 3 is 2.55 bits per heavy atom. The molecule has 0 saturated carbocycles. The van der Waals surface area contributed by atoms with Crippen LogP contribution in [-0.2, 0) is 9.47 Å². The molecule has 0 spiro atoms. The number of methoxy groups -OCH3 is 1. The third kappa shape index (κ3) is 9.88. The summed E-state index contributed by atoms with van der Waals surface area (Å²) in [5, 5.41) is 3.25. The Kier molecular flexibility index (Phi) is 9.77. The first-order chi connectivity index (χ1) is 5.41. The van der Waals surface area contributed by atoms with Gasteiger partial charge in [-0.2, -0.15) is 0 Å². The van der Waals surface area contributed by atoms with Crippen molar-refractivity contribution in [3.63, 3.8) is 0 Å². The standard InChI is InChI=1S/C8H19NO2/c1-3-4-9-5-6-11-8-7-10-2/h9H,3-8H2,1-2H3. The summed E-state index contributed by atoms with van der Waals surface area (Å²) in [5.41, 5.74) is 0. The topological polar surface area (TPSA) is 30.5 Å². The van der Waals surface area contributed by atoms with Crippen molar-refractivity contribution in [1.29, 1.82) is 0 Å². The summed E-state index contributed by atoms with van der Waals surface area (Å²) in [6.45, 7) is 6.34. The lowest BCUT2D eigenvalue weighted by atomic mass is 10.5. The molecule has 1 N–H and O–H groups in total. The SMILES string of the molecule is CCCNCCOCCOC. The van der Waals surface area contributed by atoms with Gasteiger partial charge >= 0.3 is 0 Å². The van der Waals surface area contributed by atoms with E-state index in [2.05, 4.69) is 12.2 Å². The normalized spacial score (nSPS) is 10.4. The highest BCUT2D eigenvalue weighted by molar-refractivity contribution is 4.42. The fourth-order valence-electron chi connectivity index (χ4n) is 0.690. The quantitative estimate of drug-likeness (QED) is 0.530. The fraction of sp³-hybridized carbons (Fsp3) is 1.00. The first-order valence-corrected chi connectivity index (χ1v) is 4.19. The molecular weight excluding hydrogens is 142 g/mol. The van der Waals surface area contributed by atoms with Gasteiger partial charge in [0.2, 0.25) is 0 Å². The highest BCUT2D eigenvalue weighted by Crippen LogP contribution is 1.75. The Hall–Kier alpha value is -0.120. The Labute approximate surface area is 69.1 Å². The Morgan fingerprint density at radius 1 is 1.09 bits per heavy atom. The van der Waals surface area contributed by atoms with E-state index in [0.29, 0.717) is 13.2 Å². The summed E-state index contributed by atoms with van der Waals surface area (Å²) in [4.78, 5) is 0. The maximum absolute atomic E-state index is 5.23. The molecule has 0 aromatic heterocycles. The summed E-state index contributed by atoms with van der Waals surface area (Å²) in [5.74, 6) is 0. The number of hydrogen-bond donors (Lipinski definition) is 1. The van der Waals surface area contributed by atoms with Crippen LogP contribution in [0.5, 0.6) is 0 Å². The third-order valence-electron chi connectivity index (χ3n) is 1.28. The van der Waals surface area contributed by atoms with Gasteiger partial charge in [-0.05, 0) is 13.0 Å². The molecule has 0 aromatic carbocycles. The number of hydrogen-bond acceptors (Lipinski definition) is 3. The summed E-state index contributed by atoms with van der Waals surface area (Å²) in [7, 11) is 1.68. The van der Waals surface area contributed by atoms with Crippen molar-refractivity contribution in [2.75, 3.05) is 40.0 Å². The summed E-state index contributed by atoms with van der Waals surface area (Å²) < 4.78 is 10.1. The third-order valence-corrected chi connectivity index (χ3v) is 1.28. The van der Waals surface area contributed by atoms with E-state index in [-0.39, 0.29) is 0 Å². The van der Waals surface area contributed by atoms with Crippen LogP contribution in [0.1, 0.15) is 13.3 Å². The van der Waals surface area contributed by atoms with Crippen molar-refractivity contribution in [2.45, 2.75) is 13.3 Å². The second-order valence-corrected chi connectivity index (χ2v) is 2.36. The lowest BCUT2D eigenvalue weighted by Gasteiger charge is -2.03. The van der Waals surface area contributed by atoms with Crippen molar-refractivity contribution in [3.8, 4) is 0 Å². The van der Waals surface area contributed by atoms with Gasteiger partial charge in [0.05, 0.1) is 19.8 Å². The van der Waals surface area contributed by atoms with Gasteiger partial charge in [-0.1, -0.05) is 6.92 Å². The molecule has 0 heterocycles. The van der Waals surface area contributed by atoms with Crippen LogP contribution in [0.3, 0.4) is 0 Å². The molecule has 0 unspecified atom stereocenters. The van der Waals surface area contributed by atoms with E-state index in [0.717, 1.165) is 19.7 Å². The average Bonchev–Trinajstić information content (AvgIpc) is 2.03. The summed E-state index contributed by atoms with van der Waals surface area (Å²) in [6, 6.07) is 0. The second kappa shape index (κ2) is 9.88. The maximum Gasteiger partial charge on any atom is 0.0700 e. The number of nitrogens with one attached hydrogen (secondary N) is 1. The van der Waals surface area contributed by atoms with E-state index in [9.17, 15) is 0 Å². The molecule has 0 atom stereocenters. The highest BCUT2D eigenvalue weighted by atomic mass is 16.5. The van der Waals surface area contributed by atoms with E-state index < -0.39 is 0 Å². The van der Waals surface area contributed by atoms with Crippen LogP contribution >= 0.6 is 0 Å². The summed E-state index contributed by atoms with van der Waals surface area (Å²) in [6.07, 6.45) is 1.18. The smallest absolute Gasteiger partial charge is 0.0700 e. The minimum absolute atomic E-state index is 0.688. The molecule has 0 rings (SSSR count). The second-order valence-electron chi connectivity index (χ2n) is 2.36. The molecular formula is C8H19NO2. The molecule has 11 heavy (non-hydrogen) atoms. The lowest BCUT2D eigenvalue weighted by Crippen LogP contribution is -2.21. The van der Waals surface area contributed by atoms with Crippen LogP contribution in [0, 0.1) is 0 Å². The summed E-state index contributed by atoms with van der Waals surface area (Å²) >= 11 is 0. The predicted octanol–water partition coefficient (Wildman–Crippen LogP) is 0.649. The van der Waals surface area contributed by atoms with Crippen LogP contribution in [-0.4, -0.2) is 40.0 Å².